The van der Waals surface area contributed by atoms with Gasteiger partial charge in [-0.2, -0.15) is 0 Å². The van der Waals surface area contributed by atoms with Crippen LogP contribution in [0, 0.1) is 0 Å². The van der Waals surface area contributed by atoms with Gasteiger partial charge in [0, 0.05) is 0 Å². The van der Waals surface area contributed by atoms with E-state index in [2.05, 4.69) is 4.98 Å². The van der Waals surface area contributed by atoms with Crippen molar-refractivity contribution in [1.82, 2.24) is 4.98 Å². The van der Waals surface area contributed by atoms with E-state index in [-0.39, 0.29) is 10.7 Å². The molecule has 0 fully saturated rings. The molecule has 0 aliphatic heterocycles. The van der Waals surface area contributed by atoms with Crippen LogP contribution in [0.3, 0.4) is 0 Å². The van der Waals surface area contributed by atoms with E-state index in [9.17, 15) is 13.6 Å². The van der Waals surface area contributed by atoms with Crippen LogP contribution in [0.4, 0.5) is 8.78 Å². The number of hydrogen-bond donors (Lipinski definition) is 1. The second-order valence-corrected chi connectivity index (χ2v) is 3.09. The van der Waals surface area contributed by atoms with Crippen molar-refractivity contribution in [1.29, 1.82) is 0 Å². The molecule has 0 atom stereocenters. The van der Waals surface area contributed by atoms with Gasteiger partial charge in [-0.05, 0) is 6.07 Å². The number of nitrogens with two attached hydrogens (primary N) is 1. The summed E-state index contributed by atoms with van der Waals surface area (Å²) in [5.41, 5.74) is 4.05. The number of rotatable bonds is 2. The molecule has 1 heterocycles. The quantitative estimate of drug-likeness (QED) is 0.808. The average Bonchev–Trinajstić information content (AvgIpc) is 2.02. The van der Waals surface area contributed by atoms with E-state index in [0.29, 0.717) is 0 Å². The van der Waals surface area contributed by atoms with Crippen molar-refractivity contribution in [2.75, 3.05) is 0 Å². The molecule has 0 unspecified atom stereocenters. The first-order chi connectivity index (χ1) is 6.43. The summed E-state index contributed by atoms with van der Waals surface area (Å²) in [5, 5.41) is -0.720. The van der Waals surface area contributed by atoms with Crippen LogP contribution in [-0.4, -0.2) is 10.9 Å². The van der Waals surface area contributed by atoms with E-state index in [1.54, 1.807) is 0 Å². The maximum absolute atomic E-state index is 12.3. The van der Waals surface area contributed by atoms with Gasteiger partial charge in [-0.15, -0.1) is 0 Å². The molecule has 0 bridgehead atoms. The van der Waals surface area contributed by atoms with Crippen molar-refractivity contribution in [2.24, 2.45) is 5.73 Å². The molecule has 0 aliphatic rings. The first-order valence-electron chi connectivity index (χ1n) is 3.37. The Bertz CT molecular complexity index is 384. The van der Waals surface area contributed by atoms with Crippen molar-refractivity contribution in [3.63, 3.8) is 0 Å². The van der Waals surface area contributed by atoms with E-state index in [1.165, 1.54) is 0 Å². The number of halogens is 4. The summed E-state index contributed by atoms with van der Waals surface area (Å²) in [6.45, 7) is 0. The van der Waals surface area contributed by atoms with Crippen LogP contribution in [-0.2, 0) is 0 Å². The monoisotopic (exact) mass is 240 g/mol. The molecule has 0 aliphatic carbocycles. The molecule has 2 N–H and O–H groups in total. The summed E-state index contributed by atoms with van der Waals surface area (Å²) in [6, 6.07) is 0.838. The minimum absolute atomic E-state index is 0.272. The number of alkyl halides is 2. The predicted octanol–water partition coefficient (Wildman–Crippen LogP) is 2.42. The maximum atomic E-state index is 12.3. The Kier molecular flexibility index (Phi) is 3.23. The van der Waals surface area contributed by atoms with Crippen molar-refractivity contribution in [3.8, 4) is 0 Å². The summed E-state index contributed by atoms with van der Waals surface area (Å²) in [7, 11) is 0. The van der Waals surface area contributed by atoms with Gasteiger partial charge >= 0.3 is 0 Å². The summed E-state index contributed by atoms with van der Waals surface area (Å²) < 4.78 is 24.6. The second-order valence-electron chi connectivity index (χ2n) is 2.37. The molecule has 7 heteroatoms. The van der Waals surface area contributed by atoms with Gasteiger partial charge in [0.2, 0.25) is 0 Å². The molecule has 76 valence electrons. The minimum Gasteiger partial charge on any atom is -0.366 e. The van der Waals surface area contributed by atoms with Crippen LogP contribution in [0.2, 0.25) is 10.3 Å². The van der Waals surface area contributed by atoms with E-state index in [4.69, 9.17) is 28.9 Å². The Morgan fingerprint density at radius 3 is 2.43 bits per heavy atom. The highest BCUT2D eigenvalue weighted by Gasteiger charge is 2.18. The maximum Gasteiger partial charge on any atom is 0.266 e. The molecule has 0 aromatic carbocycles. The van der Waals surface area contributed by atoms with E-state index >= 15 is 0 Å². The van der Waals surface area contributed by atoms with Crippen LogP contribution in [0.5, 0.6) is 0 Å². The van der Waals surface area contributed by atoms with Crippen LogP contribution in [0.15, 0.2) is 6.07 Å². The van der Waals surface area contributed by atoms with Crippen LogP contribution >= 0.6 is 23.2 Å². The molecular formula is C7H4Cl2F2N2O. The zero-order valence-corrected chi connectivity index (χ0v) is 8.11. The van der Waals surface area contributed by atoms with Gasteiger partial charge < -0.3 is 5.73 Å². The molecular weight excluding hydrogens is 237 g/mol. The van der Waals surface area contributed by atoms with Crippen molar-refractivity contribution < 1.29 is 13.6 Å². The first-order valence-corrected chi connectivity index (χ1v) is 4.13. The fraction of sp³-hybridized carbons (Fsp3) is 0.143. The number of carbonyl (C=O) groups excluding carboxylic acids is 1. The lowest BCUT2D eigenvalue weighted by molar-refractivity contribution is 0.0999. The Morgan fingerprint density at radius 1 is 1.43 bits per heavy atom. The molecule has 1 aromatic heterocycles. The SMILES string of the molecule is NC(=O)c1cc(C(F)F)c(Cl)nc1Cl. The van der Waals surface area contributed by atoms with Crippen LogP contribution in [0.25, 0.3) is 0 Å². The standard InChI is InChI=1S/C7H4Cl2F2N2O/c8-4-2(6(10)11)1-3(7(12)14)5(9)13-4/h1,6H,(H2,12,14). The molecule has 1 amide bonds. The number of amides is 1. The van der Waals surface area contributed by atoms with Gasteiger partial charge in [-0.1, -0.05) is 23.2 Å². The largest absolute Gasteiger partial charge is 0.366 e. The van der Waals surface area contributed by atoms with Crippen molar-refractivity contribution >= 4 is 29.1 Å². The third-order valence-corrected chi connectivity index (χ3v) is 2.05. The van der Waals surface area contributed by atoms with Gasteiger partial charge in [0.25, 0.3) is 12.3 Å². The topological polar surface area (TPSA) is 56.0 Å². The first kappa shape index (κ1) is 11.1. The second kappa shape index (κ2) is 4.06. The number of hydrogen-bond acceptors (Lipinski definition) is 2. The Morgan fingerprint density at radius 2 is 2.00 bits per heavy atom. The molecule has 0 saturated heterocycles. The van der Waals surface area contributed by atoms with Crippen molar-refractivity contribution in [2.45, 2.75) is 6.43 Å². The highest BCUT2D eigenvalue weighted by molar-refractivity contribution is 6.35. The van der Waals surface area contributed by atoms with Crippen molar-refractivity contribution in [3.05, 3.63) is 27.5 Å². The minimum atomic E-state index is -2.83. The molecule has 0 saturated carbocycles. The van der Waals surface area contributed by atoms with Crippen LogP contribution in [0.1, 0.15) is 22.3 Å². The highest BCUT2D eigenvalue weighted by Crippen LogP contribution is 2.28. The van der Waals surface area contributed by atoms with Gasteiger partial charge in [-0.25, -0.2) is 13.8 Å². The predicted molar refractivity (Wildman–Crippen MR) is 47.7 cm³/mol. The number of carbonyl (C=O) groups is 1. The number of nitrogens with zero attached hydrogens (tertiary/aromatic N) is 1. The van der Waals surface area contributed by atoms with Gasteiger partial charge in [0.05, 0.1) is 11.1 Å². The average molecular weight is 241 g/mol. The van der Waals surface area contributed by atoms with Gasteiger partial charge in [-0.3, -0.25) is 4.79 Å². The normalized spacial score (nSPS) is 10.6. The zero-order valence-electron chi connectivity index (χ0n) is 6.60. The molecule has 0 spiro atoms. The molecule has 3 nitrogen and oxygen atoms in total. The lowest BCUT2D eigenvalue weighted by Crippen LogP contribution is -2.13. The van der Waals surface area contributed by atoms with E-state index in [1.807, 2.05) is 0 Å². The Balaban J connectivity index is 3.34. The van der Waals surface area contributed by atoms with Gasteiger partial charge in [0.1, 0.15) is 10.3 Å². The zero-order chi connectivity index (χ0) is 10.9. The number of pyridine rings is 1. The number of primary amides is 1. The van der Waals surface area contributed by atoms with Gasteiger partial charge in [0.15, 0.2) is 0 Å². The lowest BCUT2D eigenvalue weighted by atomic mass is 10.2. The van der Waals surface area contributed by atoms with Crippen LogP contribution < -0.4 is 5.73 Å². The smallest absolute Gasteiger partial charge is 0.266 e. The summed E-state index contributed by atoms with van der Waals surface area (Å²) in [5.74, 6) is -0.930. The molecule has 1 rings (SSSR count). The number of aromatic nitrogens is 1. The third-order valence-electron chi connectivity index (χ3n) is 1.46. The van der Waals surface area contributed by atoms with E-state index in [0.717, 1.165) is 6.07 Å². The Hall–Kier alpha value is -0.940. The summed E-state index contributed by atoms with van der Waals surface area (Å²) >= 11 is 10.8. The summed E-state index contributed by atoms with van der Waals surface area (Å²) in [4.78, 5) is 14.1. The highest BCUT2D eigenvalue weighted by atomic mass is 35.5. The molecule has 14 heavy (non-hydrogen) atoms. The molecule has 1 aromatic rings. The van der Waals surface area contributed by atoms with E-state index < -0.39 is 23.0 Å². The Labute approximate surface area is 87.8 Å². The fourth-order valence-electron chi connectivity index (χ4n) is 0.811. The lowest BCUT2D eigenvalue weighted by Gasteiger charge is -2.05. The summed E-state index contributed by atoms with van der Waals surface area (Å²) in [6.07, 6.45) is -2.83. The fourth-order valence-corrected chi connectivity index (χ4v) is 1.31. The molecule has 0 radical (unpaired) electrons. The third kappa shape index (κ3) is 2.10.